The molecule has 33 nitrogen and oxygen atoms in total. The van der Waals surface area contributed by atoms with Gasteiger partial charge < -0.3 is 84.7 Å². The number of aliphatic hydroxyl groups excluding tert-OH is 2. The summed E-state index contributed by atoms with van der Waals surface area (Å²) in [5.41, 5.74) is 15.5. The molecule has 0 aliphatic carbocycles. The van der Waals surface area contributed by atoms with Gasteiger partial charge in [-0.1, -0.05) is 160 Å². The molecule has 0 unspecified atom stereocenters. The van der Waals surface area contributed by atoms with Crippen LogP contribution in [0.15, 0.2) is 332 Å². The Labute approximate surface area is 890 Å². The van der Waals surface area contributed by atoms with E-state index in [-0.39, 0.29) is 37.6 Å². The molecular weight excluding hydrogens is 2010 g/mol. The van der Waals surface area contributed by atoms with Crippen LogP contribution in [0.4, 0.5) is 57.5 Å². The van der Waals surface area contributed by atoms with Crippen LogP contribution in [-0.4, -0.2) is 204 Å². The molecule has 39 heteroatoms. The number of rotatable bonds is 33. The van der Waals surface area contributed by atoms with E-state index >= 15 is 0 Å². The van der Waals surface area contributed by atoms with Crippen LogP contribution in [0.25, 0.3) is 65.8 Å². The quantitative estimate of drug-likeness (QED) is 0.0188. The average Bonchev–Trinajstić information content (AvgIpc) is 1.38. The number of halogens is 6. The smallest absolute Gasteiger partial charge is 0.214 e. The van der Waals surface area contributed by atoms with Crippen LogP contribution in [0, 0.1) is 5.92 Å². The van der Waals surface area contributed by atoms with E-state index in [0.717, 1.165) is 215 Å². The number of allylic oxidation sites excluding steroid dienone is 5. The highest BCUT2D eigenvalue weighted by Gasteiger charge is 2.33. The number of benzene rings is 5. The van der Waals surface area contributed by atoms with Crippen molar-refractivity contribution in [3.05, 3.63) is 374 Å². The summed E-state index contributed by atoms with van der Waals surface area (Å²) in [7, 11) is 0. The number of anilines is 10. The van der Waals surface area contributed by atoms with Crippen LogP contribution in [-0.2, 0) is 19.6 Å². The summed E-state index contributed by atoms with van der Waals surface area (Å²) in [4.78, 5) is 80.4. The van der Waals surface area contributed by atoms with Gasteiger partial charge in [0.05, 0.1) is 135 Å². The van der Waals surface area contributed by atoms with Gasteiger partial charge in [0, 0.05) is 184 Å². The normalized spacial score (nSPS) is 14.1. The minimum absolute atomic E-state index is 0.0130. The molecule has 0 amide bonds. The molecule has 5 aliphatic rings. The number of piperidine rings is 2. The summed E-state index contributed by atoms with van der Waals surface area (Å²) in [5, 5.41) is 42.0. The van der Waals surface area contributed by atoms with E-state index in [1.165, 1.54) is 38.0 Å². The molecule has 16 heterocycles. The monoisotopic (exact) mass is 2110 g/mol. The maximum atomic E-state index is 9.36. The molecule has 5 fully saturated rings. The number of nitrogens with zero attached hydrogens (tertiary/aromatic N) is 21. The van der Waals surface area contributed by atoms with E-state index < -0.39 is 0 Å². The zero-order valence-corrected chi connectivity index (χ0v) is 85.5. The molecule has 11 aromatic heterocycles. The van der Waals surface area contributed by atoms with Crippen LogP contribution in [0.5, 0.6) is 23.5 Å². The van der Waals surface area contributed by atoms with Crippen molar-refractivity contribution in [3.8, 4) is 34.8 Å². The second-order valence-corrected chi connectivity index (χ2v) is 37.6. The minimum Gasteiger partial charge on any atom is -0.474 e. The zero-order chi connectivity index (χ0) is 104. The second-order valence-electron chi connectivity index (χ2n) is 35.1. The van der Waals surface area contributed by atoms with Crippen LogP contribution >= 0.6 is 69.6 Å². The molecule has 0 atom stereocenters. The Morgan fingerprint density at radius 2 is 0.698 bits per heavy atom. The molecular formula is C110H104Cl6N26O7. The van der Waals surface area contributed by atoms with Gasteiger partial charge in [-0.25, -0.2) is 74.8 Å². The number of nitrogens with one attached hydrogen (secondary N) is 5. The van der Waals surface area contributed by atoms with E-state index in [4.69, 9.17) is 93.0 Å². The van der Waals surface area contributed by atoms with E-state index in [9.17, 15) is 10.2 Å². The fraction of sp³-hybridized carbons (Fsp3) is 0.200. The Bertz CT molecular complexity index is 7650. The summed E-state index contributed by atoms with van der Waals surface area (Å²) < 4.78 is 29.7. The molecule has 5 aromatic carbocycles. The first-order valence-corrected chi connectivity index (χ1v) is 49.7. The summed E-state index contributed by atoms with van der Waals surface area (Å²) in [6.45, 7) is 47.2. The predicted molar refractivity (Wildman–Crippen MR) is 591 cm³/mol. The topological polar surface area (TPSA) is 373 Å². The maximum Gasteiger partial charge on any atom is 0.214 e. The lowest BCUT2D eigenvalue weighted by Crippen LogP contribution is -2.52. The molecule has 0 radical (unpaired) electrons. The Hall–Kier alpha value is -16.0. The van der Waals surface area contributed by atoms with Crippen molar-refractivity contribution in [3.63, 3.8) is 0 Å². The van der Waals surface area contributed by atoms with Crippen molar-refractivity contribution < 1.29 is 33.6 Å². The number of aliphatic hydroxyl groups is 2. The Morgan fingerprint density at radius 1 is 0.349 bits per heavy atom. The number of hydrogen-bond donors (Lipinski definition) is 7. The molecule has 758 valence electrons. The first kappa shape index (κ1) is 104. The number of ether oxygens (including phenoxy) is 4. The number of hydrogen-bond acceptors (Lipinski definition) is 33. The number of likely N-dealkylation sites (tertiary alicyclic amines) is 5. The molecule has 21 rings (SSSR count). The van der Waals surface area contributed by atoms with Gasteiger partial charge in [0.15, 0.2) is 12.2 Å². The van der Waals surface area contributed by atoms with Crippen LogP contribution < -0.4 is 45.5 Å². The fourth-order valence-electron chi connectivity index (χ4n) is 16.7. The highest BCUT2D eigenvalue weighted by atomic mass is 35.5. The molecule has 0 spiro atoms. The van der Waals surface area contributed by atoms with Crippen molar-refractivity contribution in [1.82, 2.24) is 104 Å². The third kappa shape index (κ3) is 26.5. The molecule has 0 bridgehead atoms. The Kier molecular flexibility index (Phi) is 34.3. The lowest BCUT2D eigenvalue weighted by Gasteiger charge is -2.41. The van der Waals surface area contributed by atoms with Crippen LogP contribution in [0.3, 0.4) is 0 Å². The largest absolute Gasteiger partial charge is 0.474 e. The average molecular weight is 2110 g/mol. The van der Waals surface area contributed by atoms with Gasteiger partial charge in [0.1, 0.15) is 85.1 Å². The van der Waals surface area contributed by atoms with Crippen LogP contribution in [0.1, 0.15) is 42.5 Å². The van der Waals surface area contributed by atoms with Gasteiger partial charge in [0.2, 0.25) is 23.5 Å². The lowest BCUT2D eigenvalue weighted by molar-refractivity contribution is 0.0438. The maximum absolute atomic E-state index is 9.36. The summed E-state index contributed by atoms with van der Waals surface area (Å²) in [6.07, 6.45) is 32.6. The van der Waals surface area contributed by atoms with Gasteiger partial charge in [0.25, 0.3) is 0 Å². The van der Waals surface area contributed by atoms with Crippen molar-refractivity contribution in [2.75, 3.05) is 92.0 Å². The second kappa shape index (κ2) is 49.0. The van der Waals surface area contributed by atoms with Crippen molar-refractivity contribution in [2.45, 2.75) is 69.7 Å². The van der Waals surface area contributed by atoms with Crippen LogP contribution in [0.2, 0.25) is 30.1 Å². The molecule has 5 saturated heterocycles. The minimum atomic E-state index is -0.0152. The van der Waals surface area contributed by atoms with Crippen molar-refractivity contribution in [1.29, 1.82) is 0 Å². The molecule has 5 aliphatic heterocycles. The third-order valence-corrected chi connectivity index (χ3v) is 26.9. The highest BCUT2D eigenvalue weighted by Crippen LogP contribution is 2.41. The first-order valence-electron chi connectivity index (χ1n) is 47.4. The van der Waals surface area contributed by atoms with Gasteiger partial charge in [-0.3, -0.25) is 4.98 Å². The highest BCUT2D eigenvalue weighted by molar-refractivity contribution is 6.43. The zero-order valence-electron chi connectivity index (χ0n) is 81.0. The number of fused-ring (bicyclic) bond motifs is 5. The molecule has 7 N–H and O–H groups in total. The Balaban J connectivity index is 0.000000127. The van der Waals surface area contributed by atoms with Gasteiger partial charge in [-0.2, -0.15) is 0 Å². The van der Waals surface area contributed by atoms with Gasteiger partial charge in [-0.15, -0.1) is 0 Å². The van der Waals surface area contributed by atoms with E-state index in [2.05, 4.69) is 203 Å². The summed E-state index contributed by atoms with van der Waals surface area (Å²) >= 11 is 37.0. The molecule has 149 heavy (non-hydrogen) atoms. The first-order chi connectivity index (χ1) is 72.4. The summed E-state index contributed by atoms with van der Waals surface area (Å²) in [5.74, 6) is 6.46. The van der Waals surface area contributed by atoms with E-state index in [1.807, 2.05) is 84.9 Å². The number of oxazole rings is 1. The standard InChI is InChI=1S/C25H23ClN6O2.C23H25N5O2.C21H19Cl2N5.C21H21N5O2.C20H16Cl3N5O/c1-3-16(2)32-8-6-18(7-9-32)34-24-11-20-22(12-28-24)29-14-30-25(20)31-17-4-5-21(26)19(10-17)23-13-27-15-33-23;1-3-16(2)28-9-7-19(8-10-28)30-22-12-20-21(13-24-22)25-15-26-23(20)27-18-6-4-5-17(11-18)14-29;1-3-13(2)28-10-14(11-28)6-16-7-17-20(9-24-16)25-12-26-21(17)27-15-4-5-18(22)19(23)8-15;1-3-14(2)26-10-17(11-26)28-20-8-18-19(9-22-20)23-13-24-21(18)25-16-6-4-5-15(7-16)12-27;1-3-11(2)28-8-13(9-28)29-18-6-14-17(7-24-18)25-10-26-20(14)27-19-15(22)4-12(21)5-16(19)23/h3-5,10-15,18H,1-2,6-9H2,(H,29,30,31);3-6,11-13,15,19,29H,1-2,7-10,14H2,(H,25,26,27);3-5,7-9,12,14H,1-2,6,10-11H2,(H,25,26,27);3-9,13,17,27H,1-2,10-12H2,(H,23,24,25);3-7,10,13H,1-2,8-9H2,(H,25,26,27). The van der Waals surface area contributed by atoms with E-state index in [0.29, 0.717) is 111 Å². The SMILES string of the molecule is C=CC(=C)N1CC(Cc2cc3c(Nc4ccc(Cl)c(Cl)c4)ncnc3cn2)C1.C=CC(=C)N1CC(Oc2cc3c(Nc4c(Cl)cc(Cl)cc4Cl)ncnc3cn2)C1.C=CC(=C)N1CC(Oc2cc3c(Nc4cccc(CO)c4)ncnc3cn2)C1.C=CC(=C)N1CCC(Oc2cc3c(Nc4ccc(Cl)c(-c5cnco5)c4)ncnc3cn2)CC1.C=CC(=C)N1CCC(Oc2cc3c(Nc4cccc(CO)c4)ncnc3cn2)CC1. The van der Waals surface area contributed by atoms with E-state index in [1.54, 1.807) is 104 Å². The third-order valence-electron chi connectivity index (χ3n) is 25.1. The van der Waals surface area contributed by atoms with Gasteiger partial charge >= 0.3 is 0 Å². The van der Waals surface area contributed by atoms with Crippen molar-refractivity contribution >= 4 is 182 Å². The molecule has 0 saturated carbocycles. The van der Waals surface area contributed by atoms with Gasteiger partial charge in [-0.05, 0) is 133 Å². The number of pyridine rings is 5. The Morgan fingerprint density at radius 3 is 1.07 bits per heavy atom. The molecule has 16 aromatic rings. The van der Waals surface area contributed by atoms with Crippen molar-refractivity contribution in [2.24, 2.45) is 5.92 Å². The number of aromatic nitrogens is 16. The summed E-state index contributed by atoms with van der Waals surface area (Å²) in [6, 6.07) is 38.7. The lowest BCUT2D eigenvalue weighted by atomic mass is 9.93. The fourth-order valence-corrected chi connectivity index (χ4v) is 18.2. The predicted octanol–water partition coefficient (Wildman–Crippen LogP) is 23.2.